The summed E-state index contributed by atoms with van der Waals surface area (Å²) < 4.78 is 5.30. The number of hydrogen-bond donors (Lipinski definition) is 0. The second-order valence-electron chi connectivity index (χ2n) is 10.2. The molecule has 5 aromatic carbocycles. The first-order chi connectivity index (χ1) is 23.3. The molecule has 0 aliphatic heterocycles. The van der Waals surface area contributed by atoms with E-state index in [1.807, 2.05) is 103 Å². The summed E-state index contributed by atoms with van der Waals surface area (Å²) >= 11 is 1.54. The number of aromatic nitrogens is 8. The molecule has 9 heteroatoms. The van der Waals surface area contributed by atoms with Crippen molar-refractivity contribution in [2.45, 2.75) is 0 Å². The average molecular weight is 627 g/mol. The van der Waals surface area contributed by atoms with Crippen LogP contribution in [-0.2, 0) is 0 Å². The maximum Gasteiger partial charge on any atom is 0.181 e. The van der Waals surface area contributed by atoms with Crippen LogP contribution in [0.25, 0.3) is 65.1 Å². The molecule has 224 valence electrons. The highest BCUT2D eigenvalue weighted by Gasteiger charge is 1.99. The van der Waals surface area contributed by atoms with Crippen molar-refractivity contribution in [3.8, 4) is 0 Å². The molecule has 5 aromatic heterocycles. The third-order valence-corrected chi connectivity index (χ3v) is 7.86. The van der Waals surface area contributed by atoms with Gasteiger partial charge in [0, 0.05) is 34.7 Å². The van der Waals surface area contributed by atoms with Crippen molar-refractivity contribution in [3.63, 3.8) is 0 Å². The van der Waals surface area contributed by atoms with Crippen LogP contribution in [0.2, 0.25) is 0 Å². The molecule has 10 aromatic rings. The number of nitrogens with zero attached hydrogens (tertiary/aromatic N) is 8. The van der Waals surface area contributed by atoms with Gasteiger partial charge in [0.05, 0.1) is 44.0 Å². The number of rotatable bonds is 0. The first-order valence-electron chi connectivity index (χ1n) is 14.8. The highest BCUT2D eigenvalue weighted by Crippen LogP contribution is 2.19. The topological polar surface area (TPSA) is 103 Å². The van der Waals surface area contributed by atoms with Gasteiger partial charge in [-0.1, -0.05) is 78.9 Å². The minimum atomic E-state index is 0.637. The summed E-state index contributed by atoms with van der Waals surface area (Å²) in [4.78, 5) is 29.3. The number of para-hydroxylation sites is 6. The lowest BCUT2D eigenvalue weighted by atomic mass is 10.1. The van der Waals surface area contributed by atoms with Crippen molar-refractivity contribution < 1.29 is 0 Å². The Balaban J connectivity index is 0.000000101. The van der Waals surface area contributed by atoms with Crippen molar-refractivity contribution in [1.29, 1.82) is 0 Å². The number of benzene rings is 5. The lowest BCUT2D eigenvalue weighted by Gasteiger charge is -1.99. The van der Waals surface area contributed by atoms with Crippen LogP contribution in [0.15, 0.2) is 159 Å². The molecule has 47 heavy (non-hydrogen) atoms. The van der Waals surface area contributed by atoms with Gasteiger partial charge >= 0.3 is 0 Å². The molecular formula is C38H26N8S. The largest absolute Gasteiger partial charge is 0.250 e. The molecule has 0 aliphatic rings. The summed E-state index contributed by atoms with van der Waals surface area (Å²) in [5, 5.41) is 3.64. The first kappa shape index (κ1) is 29.4. The SMILES string of the molecule is c1ccc2nc3ccccc3cc2c1.c1ccc2nc3ccccc3nc2c1.c1ccc2sncc2c1.c1cnc2ncncc2n1. The molecule has 0 fully saturated rings. The monoisotopic (exact) mass is 626 g/mol. The van der Waals surface area contributed by atoms with E-state index in [0.29, 0.717) is 5.65 Å². The van der Waals surface area contributed by atoms with E-state index in [2.05, 4.69) is 69.6 Å². The van der Waals surface area contributed by atoms with E-state index < -0.39 is 0 Å². The van der Waals surface area contributed by atoms with Crippen LogP contribution in [0.4, 0.5) is 0 Å². The van der Waals surface area contributed by atoms with E-state index in [1.54, 1.807) is 18.6 Å². The van der Waals surface area contributed by atoms with Crippen molar-refractivity contribution in [1.82, 2.24) is 39.3 Å². The maximum absolute atomic E-state index is 4.58. The van der Waals surface area contributed by atoms with Gasteiger partial charge in [-0.2, -0.15) is 4.37 Å². The normalized spacial score (nSPS) is 10.6. The summed E-state index contributed by atoms with van der Waals surface area (Å²) in [6.07, 6.45) is 8.20. The lowest BCUT2D eigenvalue weighted by molar-refractivity contribution is 1.15. The van der Waals surface area contributed by atoms with Gasteiger partial charge in [0.2, 0.25) is 0 Å². The molecular weight excluding hydrogens is 601 g/mol. The third kappa shape index (κ3) is 7.16. The average Bonchev–Trinajstić information content (AvgIpc) is 3.63. The van der Waals surface area contributed by atoms with Crippen LogP contribution in [0.1, 0.15) is 0 Å². The quantitative estimate of drug-likeness (QED) is 0.154. The molecule has 8 nitrogen and oxygen atoms in total. The van der Waals surface area contributed by atoms with Crippen LogP contribution < -0.4 is 0 Å². The summed E-state index contributed by atoms with van der Waals surface area (Å²) in [7, 11) is 0. The van der Waals surface area contributed by atoms with Gasteiger partial charge in [-0.05, 0) is 60.1 Å². The van der Waals surface area contributed by atoms with Crippen LogP contribution in [0.5, 0.6) is 0 Å². The molecule has 0 amide bonds. The van der Waals surface area contributed by atoms with Crippen molar-refractivity contribution in [2.24, 2.45) is 0 Å². The second kappa shape index (κ2) is 14.2. The first-order valence-corrected chi connectivity index (χ1v) is 15.6. The Hall–Kier alpha value is -6.32. The highest BCUT2D eigenvalue weighted by atomic mass is 32.1. The third-order valence-electron chi connectivity index (χ3n) is 7.08. The lowest BCUT2D eigenvalue weighted by Crippen LogP contribution is -1.85. The van der Waals surface area contributed by atoms with E-state index >= 15 is 0 Å². The molecule has 0 N–H and O–H groups in total. The Morgan fingerprint density at radius 1 is 0.404 bits per heavy atom. The Kier molecular flexibility index (Phi) is 8.88. The smallest absolute Gasteiger partial charge is 0.181 e. The van der Waals surface area contributed by atoms with Gasteiger partial charge < -0.3 is 0 Å². The summed E-state index contributed by atoms with van der Waals surface area (Å²) in [5.74, 6) is 0. The molecule has 10 rings (SSSR count). The number of hydrogen-bond acceptors (Lipinski definition) is 9. The Morgan fingerprint density at radius 3 is 1.47 bits per heavy atom. The zero-order valence-electron chi connectivity index (χ0n) is 25.0. The Morgan fingerprint density at radius 2 is 0.894 bits per heavy atom. The van der Waals surface area contributed by atoms with Crippen molar-refractivity contribution in [2.75, 3.05) is 0 Å². The van der Waals surface area contributed by atoms with Gasteiger partial charge in [-0.3, -0.25) is 0 Å². The summed E-state index contributed by atoms with van der Waals surface area (Å²) in [5.41, 5.74) is 7.29. The number of pyridine rings is 1. The highest BCUT2D eigenvalue weighted by molar-refractivity contribution is 7.13. The van der Waals surface area contributed by atoms with Crippen LogP contribution >= 0.6 is 11.5 Å². The molecule has 5 heterocycles. The molecule has 0 bridgehead atoms. The van der Waals surface area contributed by atoms with E-state index in [9.17, 15) is 0 Å². The molecule has 0 saturated heterocycles. The summed E-state index contributed by atoms with van der Waals surface area (Å²) in [6.45, 7) is 0. The van der Waals surface area contributed by atoms with Crippen molar-refractivity contribution in [3.05, 3.63) is 159 Å². The molecule has 0 unspecified atom stereocenters. The molecule has 0 atom stereocenters. The summed E-state index contributed by atoms with van der Waals surface area (Å²) in [6, 6.07) is 42.6. The van der Waals surface area contributed by atoms with E-state index in [4.69, 9.17) is 0 Å². The number of fused-ring (bicyclic) bond motifs is 6. The standard InChI is InChI=1S/C13H9N.C12H8N2.C7H5NS.C6H4N4/c1-3-7-12-10(5-1)9-11-6-2-4-8-13(11)14-12;1-2-6-10-9(5-1)13-11-7-3-4-8-12(11)14-10;1-2-4-7-6(3-1)5-8-9-7;1-2-9-6-5(8-1)3-7-4-10-6/h1-9H;1-8H;1-5H;1-4H. The molecule has 0 radical (unpaired) electrons. The minimum absolute atomic E-state index is 0.637. The maximum atomic E-state index is 4.58. The molecule has 0 saturated carbocycles. The fourth-order valence-electron chi connectivity index (χ4n) is 4.82. The van der Waals surface area contributed by atoms with Gasteiger partial charge in [0.25, 0.3) is 0 Å². The molecule has 0 spiro atoms. The van der Waals surface area contributed by atoms with Gasteiger partial charge in [0.1, 0.15) is 11.8 Å². The Bertz CT molecular complexity index is 2150. The second-order valence-corrected chi connectivity index (χ2v) is 11.1. The Labute approximate surface area is 273 Å². The van der Waals surface area contributed by atoms with Gasteiger partial charge in [-0.15, -0.1) is 0 Å². The van der Waals surface area contributed by atoms with Gasteiger partial charge in [-0.25, -0.2) is 34.9 Å². The minimum Gasteiger partial charge on any atom is -0.250 e. The van der Waals surface area contributed by atoms with Crippen LogP contribution in [-0.4, -0.2) is 39.3 Å². The zero-order valence-corrected chi connectivity index (χ0v) is 25.8. The fraction of sp³-hybridized carbons (Fsp3) is 0. The van der Waals surface area contributed by atoms with E-state index in [-0.39, 0.29) is 0 Å². The van der Waals surface area contributed by atoms with Crippen molar-refractivity contribution >= 4 is 76.7 Å². The van der Waals surface area contributed by atoms with Crippen LogP contribution in [0.3, 0.4) is 0 Å². The molecule has 0 aliphatic carbocycles. The predicted octanol–water partition coefficient (Wildman–Crippen LogP) is 8.89. The fourth-order valence-corrected chi connectivity index (χ4v) is 5.47. The van der Waals surface area contributed by atoms with E-state index in [0.717, 1.165) is 38.6 Å². The van der Waals surface area contributed by atoms with E-state index in [1.165, 1.54) is 38.7 Å². The van der Waals surface area contributed by atoms with Crippen LogP contribution in [0, 0.1) is 0 Å². The zero-order chi connectivity index (χ0) is 31.7. The van der Waals surface area contributed by atoms with Gasteiger partial charge in [0.15, 0.2) is 5.65 Å². The predicted molar refractivity (Wildman–Crippen MR) is 191 cm³/mol.